The number of nitriles is 1. The van der Waals surface area contributed by atoms with Crippen molar-refractivity contribution in [3.05, 3.63) is 70.4 Å². The second-order valence-electron chi connectivity index (χ2n) is 5.97. The number of rotatable bonds is 7. The number of benzene rings is 1. The molecule has 144 valence electrons. The van der Waals surface area contributed by atoms with Crippen molar-refractivity contribution in [2.75, 3.05) is 11.1 Å². The minimum absolute atomic E-state index is 0.180. The van der Waals surface area contributed by atoms with Crippen LogP contribution in [0.4, 0.5) is 5.00 Å². The van der Waals surface area contributed by atoms with Crippen LogP contribution in [-0.4, -0.2) is 26.4 Å². The molecule has 0 fully saturated rings. The molecule has 0 aliphatic heterocycles. The molecule has 0 unspecified atom stereocenters. The summed E-state index contributed by atoms with van der Waals surface area (Å²) in [5, 5.41) is 25.6. The molecule has 3 heterocycles. The van der Waals surface area contributed by atoms with Gasteiger partial charge in [0, 0.05) is 0 Å². The molecule has 0 saturated heterocycles. The van der Waals surface area contributed by atoms with E-state index < -0.39 is 0 Å². The summed E-state index contributed by atoms with van der Waals surface area (Å²) in [7, 11) is 0. The molecule has 0 spiro atoms. The Balaban J connectivity index is 1.52. The van der Waals surface area contributed by atoms with Crippen LogP contribution in [0.2, 0.25) is 0 Å². The lowest BCUT2D eigenvalue weighted by atomic mass is 10.2. The third kappa shape index (κ3) is 4.56. The molecule has 0 aliphatic rings. The van der Waals surface area contributed by atoms with E-state index in [4.69, 9.17) is 5.26 Å². The second kappa shape index (κ2) is 9.05. The van der Waals surface area contributed by atoms with Gasteiger partial charge in [-0.1, -0.05) is 48.2 Å². The standard InChI is InChI=1S/C20H15N5OS3/c21-11-15-8-10-28-19(15)22-17(26)13-29-20-24-23-18(16-7-4-9-27-16)25(20)12-14-5-2-1-3-6-14/h1-10H,12-13H2,(H,22,26). The third-order valence-electron chi connectivity index (χ3n) is 4.01. The summed E-state index contributed by atoms with van der Waals surface area (Å²) in [6, 6.07) is 17.8. The van der Waals surface area contributed by atoms with E-state index in [1.165, 1.54) is 23.1 Å². The number of hydrogen-bond donors (Lipinski definition) is 1. The first-order valence-electron chi connectivity index (χ1n) is 8.66. The Morgan fingerprint density at radius 1 is 1.10 bits per heavy atom. The topological polar surface area (TPSA) is 83.6 Å². The maximum atomic E-state index is 12.4. The van der Waals surface area contributed by atoms with Crippen molar-refractivity contribution in [3.63, 3.8) is 0 Å². The number of aromatic nitrogens is 3. The molecule has 29 heavy (non-hydrogen) atoms. The van der Waals surface area contributed by atoms with E-state index in [1.807, 2.05) is 40.3 Å². The third-order valence-corrected chi connectivity index (χ3v) is 6.68. The number of carbonyl (C=O) groups is 1. The number of carbonyl (C=O) groups excluding carboxylic acids is 1. The van der Waals surface area contributed by atoms with Gasteiger partial charge in [-0.25, -0.2) is 0 Å². The zero-order valence-corrected chi connectivity index (χ0v) is 17.6. The van der Waals surface area contributed by atoms with Gasteiger partial charge >= 0.3 is 0 Å². The van der Waals surface area contributed by atoms with Crippen molar-refractivity contribution < 1.29 is 4.79 Å². The van der Waals surface area contributed by atoms with Crippen molar-refractivity contribution in [1.29, 1.82) is 5.26 Å². The molecular formula is C20H15N5OS3. The number of thioether (sulfide) groups is 1. The largest absolute Gasteiger partial charge is 0.316 e. The van der Waals surface area contributed by atoms with E-state index in [2.05, 4.69) is 33.7 Å². The van der Waals surface area contributed by atoms with Gasteiger partial charge in [-0.2, -0.15) is 5.26 Å². The molecule has 6 nitrogen and oxygen atoms in total. The van der Waals surface area contributed by atoms with E-state index in [0.29, 0.717) is 22.3 Å². The number of nitrogens with zero attached hydrogens (tertiary/aromatic N) is 4. The second-order valence-corrected chi connectivity index (χ2v) is 8.77. The fourth-order valence-corrected chi connectivity index (χ4v) is 4.89. The molecule has 0 saturated carbocycles. The van der Waals surface area contributed by atoms with Crippen LogP contribution in [0, 0.1) is 11.3 Å². The fraction of sp³-hybridized carbons (Fsp3) is 0.100. The van der Waals surface area contributed by atoms with E-state index in [-0.39, 0.29) is 11.7 Å². The lowest BCUT2D eigenvalue weighted by Crippen LogP contribution is -2.14. The van der Waals surface area contributed by atoms with Gasteiger partial charge in [0.05, 0.1) is 22.7 Å². The zero-order valence-electron chi connectivity index (χ0n) is 15.1. The number of thiophene rings is 2. The van der Waals surface area contributed by atoms with Crippen LogP contribution in [0.15, 0.2) is 64.4 Å². The summed E-state index contributed by atoms with van der Waals surface area (Å²) in [4.78, 5) is 13.4. The smallest absolute Gasteiger partial charge is 0.235 e. The monoisotopic (exact) mass is 437 g/mol. The van der Waals surface area contributed by atoms with E-state index in [0.717, 1.165) is 16.3 Å². The van der Waals surface area contributed by atoms with Gasteiger partial charge in [-0.3, -0.25) is 9.36 Å². The van der Waals surface area contributed by atoms with Crippen molar-refractivity contribution in [1.82, 2.24) is 14.8 Å². The Kier molecular flexibility index (Phi) is 6.05. The number of anilines is 1. The molecule has 4 rings (SSSR count). The predicted molar refractivity (Wildman–Crippen MR) is 117 cm³/mol. The van der Waals surface area contributed by atoms with E-state index in [1.54, 1.807) is 22.8 Å². The van der Waals surface area contributed by atoms with Crippen LogP contribution in [-0.2, 0) is 11.3 Å². The molecule has 9 heteroatoms. The van der Waals surface area contributed by atoms with Crippen molar-refractivity contribution in [2.45, 2.75) is 11.7 Å². The molecular weight excluding hydrogens is 422 g/mol. The molecule has 0 aliphatic carbocycles. The Hall–Kier alpha value is -2.93. The SMILES string of the molecule is N#Cc1ccsc1NC(=O)CSc1nnc(-c2cccs2)n1Cc1ccccc1. The van der Waals surface area contributed by atoms with Crippen LogP contribution >= 0.6 is 34.4 Å². The van der Waals surface area contributed by atoms with Crippen LogP contribution in [0.25, 0.3) is 10.7 Å². The minimum atomic E-state index is -0.180. The Labute approximate surface area is 179 Å². The van der Waals surface area contributed by atoms with Gasteiger partial charge in [-0.15, -0.1) is 32.9 Å². The average Bonchev–Trinajstić information content (AvgIpc) is 3.48. The van der Waals surface area contributed by atoms with Crippen LogP contribution in [0.1, 0.15) is 11.1 Å². The van der Waals surface area contributed by atoms with Crippen molar-refractivity contribution in [2.24, 2.45) is 0 Å². The molecule has 0 radical (unpaired) electrons. The maximum Gasteiger partial charge on any atom is 0.235 e. The highest BCUT2D eigenvalue weighted by Crippen LogP contribution is 2.28. The predicted octanol–water partition coefficient (Wildman–Crippen LogP) is 4.72. The van der Waals surface area contributed by atoms with Gasteiger partial charge in [0.2, 0.25) is 5.91 Å². The average molecular weight is 438 g/mol. The number of hydrogen-bond acceptors (Lipinski definition) is 7. The lowest BCUT2D eigenvalue weighted by Gasteiger charge is -2.09. The lowest BCUT2D eigenvalue weighted by molar-refractivity contribution is -0.113. The molecule has 3 aromatic heterocycles. The maximum absolute atomic E-state index is 12.4. The highest BCUT2D eigenvalue weighted by molar-refractivity contribution is 7.99. The van der Waals surface area contributed by atoms with Gasteiger partial charge in [0.25, 0.3) is 0 Å². The van der Waals surface area contributed by atoms with E-state index >= 15 is 0 Å². The number of amides is 1. The van der Waals surface area contributed by atoms with Crippen LogP contribution < -0.4 is 5.32 Å². The minimum Gasteiger partial charge on any atom is -0.316 e. The Bertz CT molecular complexity index is 1140. The Morgan fingerprint density at radius 3 is 2.72 bits per heavy atom. The first-order chi connectivity index (χ1) is 14.2. The molecule has 1 aromatic carbocycles. The molecule has 4 aromatic rings. The van der Waals surface area contributed by atoms with Crippen molar-refractivity contribution in [3.8, 4) is 16.8 Å². The van der Waals surface area contributed by atoms with Crippen molar-refractivity contribution >= 4 is 45.3 Å². The molecule has 0 atom stereocenters. The van der Waals surface area contributed by atoms with Gasteiger partial charge in [-0.05, 0) is 28.5 Å². The summed E-state index contributed by atoms with van der Waals surface area (Å²) < 4.78 is 2.03. The summed E-state index contributed by atoms with van der Waals surface area (Å²) >= 11 is 4.27. The highest BCUT2D eigenvalue weighted by atomic mass is 32.2. The molecule has 1 N–H and O–H groups in total. The molecule has 0 bridgehead atoms. The fourth-order valence-electron chi connectivity index (χ4n) is 2.68. The zero-order chi connectivity index (χ0) is 20.1. The van der Waals surface area contributed by atoms with E-state index in [9.17, 15) is 4.79 Å². The first kappa shape index (κ1) is 19.4. The van der Waals surface area contributed by atoms with Gasteiger partial charge < -0.3 is 5.32 Å². The van der Waals surface area contributed by atoms with Gasteiger partial charge in [0.15, 0.2) is 11.0 Å². The quantitative estimate of drug-likeness (QED) is 0.423. The van der Waals surface area contributed by atoms with Crippen LogP contribution in [0.5, 0.6) is 0 Å². The summed E-state index contributed by atoms with van der Waals surface area (Å²) in [6.07, 6.45) is 0. The molecule has 1 amide bonds. The van der Waals surface area contributed by atoms with Crippen LogP contribution in [0.3, 0.4) is 0 Å². The Morgan fingerprint density at radius 2 is 1.97 bits per heavy atom. The van der Waals surface area contributed by atoms with Gasteiger partial charge in [0.1, 0.15) is 11.1 Å². The summed E-state index contributed by atoms with van der Waals surface area (Å²) in [6.45, 7) is 0.620. The number of nitrogens with one attached hydrogen (secondary N) is 1. The first-order valence-corrected chi connectivity index (χ1v) is 11.4. The normalized spacial score (nSPS) is 10.6. The highest BCUT2D eigenvalue weighted by Gasteiger charge is 2.17. The summed E-state index contributed by atoms with van der Waals surface area (Å²) in [5.74, 6) is 0.790. The summed E-state index contributed by atoms with van der Waals surface area (Å²) in [5.41, 5.74) is 1.61.